The van der Waals surface area contributed by atoms with Crippen LogP contribution in [0, 0.1) is 6.92 Å². The third-order valence-electron chi connectivity index (χ3n) is 4.41. The van der Waals surface area contributed by atoms with E-state index in [2.05, 4.69) is 23.7 Å². The Morgan fingerprint density at radius 2 is 2.00 bits per heavy atom. The number of pyridine rings is 1. The first-order valence-corrected chi connectivity index (χ1v) is 7.30. The lowest BCUT2D eigenvalue weighted by molar-refractivity contribution is 0.0505. The van der Waals surface area contributed by atoms with Gasteiger partial charge in [0.15, 0.2) is 5.78 Å². The van der Waals surface area contributed by atoms with E-state index >= 15 is 0 Å². The van der Waals surface area contributed by atoms with Crippen LogP contribution in [-0.2, 0) is 0 Å². The van der Waals surface area contributed by atoms with E-state index < -0.39 is 0 Å². The van der Waals surface area contributed by atoms with Crippen LogP contribution in [0.1, 0.15) is 55.6 Å². The summed E-state index contributed by atoms with van der Waals surface area (Å²) in [7, 11) is 0. The fourth-order valence-corrected chi connectivity index (χ4v) is 2.83. The first-order chi connectivity index (χ1) is 9.08. The summed E-state index contributed by atoms with van der Waals surface area (Å²) in [4.78, 5) is 19.4. The zero-order valence-corrected chi connectivity index (χ0v) is 12.3. The number of aromatic nitrogens is 1. The van der Waals surface area contributed by atoms with Crippen LogP contribution in [-0.4, -0.2) is 34.3 Å². The maximum atomic E-state index is 12.8. The smallest absolute Gasteiger partial charge is 0.184 e. The molecule has 1 aromatic heterocycles. The summed E-state index contributed by atoms with van der Waals surface area (Å²) in [6.45, 7) is 8.21. The molecule has 0 saturated carbocycles. The van der Waals surface area contributed by atoms with Crippen molar-refractivity contribution in [2.45, 2.75) is 52.0 Å². The van der Waals surface area contributed by atoms with Crippen LogP contribution >= 0.6 is 0 Å². The summed E-state index contributed by atoms with van der Waals surface area (Å²) in [6.07, 6.45) is 6.26. The number of nitrogens with zero attached hydrogens (tertiary/aromatic N) is 2. The molecule has 1 atom stereocenters. The summed E-state index contributed by atoms with van der Waals surface area (Å²) in [6, 6.07) is 3.82. The molecule has 1 aromatic rings. The largest absolute Gasteiger partial charge is 0.292 e. The second-order valence-electron chi connectivity index (χ2n) is 5.69. The molecule has 0 aromatic carbocycles. The number of hydrogen-bond acceptors (Lipinski definition) is 3. The second kappa shape index (κ2) is 5.83. The van der Waals surface area contributed by atoms with Gasteiger partial charge in [0.25, 0.3) is 0 Å². The summed E-state index contributed by atoms with van der Waals surface area (Å²) < 4.78 is 0. The summed E-state index contributed by atoms with van der Waals surface area (Å²) >= 11 is 0. The van der Waals surface area contributed by atoms with Crippen molar-refractivity contribution in [2.24, 2.45) is 0 Å². The molecule has 1 saturated heterocycles. The lowest BCUT2D eigenvalue weighted by atomic mass is 9.86. The van der Waals surface area contributed by atoms with Crippen molar-refractivity contribution in [3.8, 4) is 0 Å². The summed E-state index contributed by atoms with van der Waals surface area (Å²) in [5, 5.41) is 0. The Balaban J connectivity index is 2.24. The standard InChI is InChI=1S/C16H24N2O/c1-4-16(3,18-10-6-5-7-11-18)15(19)14-9-8-13(2)17-12-14/h8-9,12H,4-7,10-11H2,1-3H3. The molecule has 0 spiro atoms. The number of ketones is 1. The maximum Gasteiger partial charge on any atom is 0.184 e. The predicted molar refractivity (Wildman–Crippen MR) is 77.4 cm³/mol. The fraction of sp³-hybridized carbons (Fsp3) is 0.625. The monoisotopic (exact) mass is 260 g/mol. The van der Waals surface area contributed by atoms with Crippen LogP contribution in [0.2, 0.25) is 0 Å². The molecule has 1 aliphatic rings. The zero-order chi connectivity index (χ0) is 13.9. The van der Waals surface area contributed by atoms with E-state index in [-0.39, 0.29) is 11.3 Å². The molecule has 0 aliphatic carbocycles. The third-order valence-corrected chi connectivity index (χ3v) is 4.41. The minimum Gasteiger partial charge on any atom is -0.292 e. The van der Waals surface area contributed by atoms with Crippen molar-refractivity contribution in [2.75, 3.05) is 13.1 Å². The van der Waals surface area contributed by atoms with E-state index in [9.17, 15) is 4.79 Å². The van der Waals surface area contributed by atoms with Gasteiger partial charge in [0.1, 0.15) is 0 Å². The van der Waals surface area contributed by atoms with Crippen molar-refractivity contribution < 1.29 is 4.79 Å². The molecule has 104 valence electrons. The van der Waals surface area contributed by atoms with Crippen molar-refractivity contribution in [1.29, 1.82) is 0 Å². The number of aryl methyl sites for hydroxylation is 1. The Hall–Kier alpha value is -1.22. The Kier molecular flexibility index (Phi) is 4.35. The van der Waals surface area contributed by atoms with Crippen molar-refractivity contribution in [1.82, 2.24) is 9.88 Å². The first-order valence-electron chi connectivity index (χ1n) is 7.30. The summed E-state index contributed by atoms with van der Waals surface area (Å²) in [5.41, 5.74) is 1.31. The van der Waals surface area contributed by atoms with Gasteiger partial charge in [-0.2, -0.15) is 0 Å². The minimum atomic E-state index is -0.378. The van der Waals surface area contributed by atoms with Crippen LogP contribution in [0.3, 0.4) is 0 Å². The molecule has 3 heteroatoms. The molecular weight excluding hydrogens is 236 g/mol. The Labute approximate surface area is 116 Å². The number of carbonyl (C=O) groups excluding carboxylic acids is 1. The molecule has 3 nitrogen and oxygen atoms in total. The van der Waals surface area contributed by atoms with Gasteiger partial charge in [0.05, 0.1) is 5.54 Å². The Morgan fingerprint density at radius 3 is 2.53 bits per heavy atom. The lowest BCUT2D eigenvalue weighted by Crippen LogP contribution is -2.53. The molecule has 0 N–H and O–H groups in total. The Bertz CT molecular complexity index is 435. The van der Waals surface area contributed by atoms with Gasteiger partial charge in [-0.15, -0.1) is 0 Å². The quantitative estimate of drug-likeness (QED) is 0.779. The summed E-state index contributed by atoms with van der Waals surface area (Å²) in [5.74, 6) is 0.212. The van der Waals surface area contributed by atoms with Gasteiger partial charge >= 0.3 is 0 Å². The first kappa shape index (κ1) is 14.2. The maximum absolute atomic E-state index is 12.8. The number of Topliss-reactive ketones (excluding diaryl/α,β-unsaturated/α-hetero) is 1. The van der Waals surface area contributed by atoms with E-state index in [1.54, 1.807) is 6.20 Å². The highest BCUT2D eigenvalue weighted by atomic mass is 16.1. The number of piperidine rings is 1. The van der Waals surface area contributed by atoms with Crippen molar-refractivity contribution in [3.63, 3.8) is 0 Å². The highest BCUT2D eigenvalue weighted by molar-refractivity contribution is 6.02. The van der Waals surface area contributed by atoms with E-state index in [0.717, 1.165) is 30.8 Å². The SMILES string of the molecule is CCC(C)(C(=O)c1ccc(C)nc1)N1CCCCC1. The van der Waals surface area contributed by atoms with Gasteiger partial charge in [-0.05, 0) is 58.3 Å². The van der Waals surface area contributed by atoms with Gasteiger partial charge in [-0.3, -0.25) is 14.7 Å². The highest BCUT2D eigenvalue weighted by Crippen LogP contribution is 2.27. The van der Waals surface area contributed by atoms with Crippen molar-refractivity contribution >= 4 is 5.78 Å². The molecule has 2 rings (SSSR count). The number of likely N-dealkylation sites (tertiary alicyclic amines) is 1. The highest BCUT2D eigenvalue weighted by Gasteiger charge is 2.38. The van der Waals surface area contributed by atoms with Gasteiger partial charge in [0.2, 0.25) is 0 Å². The van der Waals surface area contributed by atoms with Crippen LogP contribution in [0.5, 0.6) is 0 Å². The van der Waals surface area contributed by atoms with E-state index in [1.165, 1.54) is 19.3 Å². The van der Waals surface area contributed by atoms with Crippen LogP contribution in [0.25, 0.3) is 0 Å². The van der Waals surface area contributed by atoms with Gasteiger partial charge in [-0.25, -0.2) is 0 Å². The fourth-order valence-electron chi connectivity index (χ4n) is 2.83. The van der Waals surface area contributed by atoms with E-state index in [4.69, 9.17) is 0 Å². The molecular formula is C16H24N2O. The third kappa shape index (κ3) is 2.86. The average molecular weight is 260 g/mol. The van der Waals surface area contributed by atoms with Crippen LogP contribution in [0.15, 0.2) is 18.3 Å². The molecule has 1 fully saturated rings. The van der Waals surface area contributed by atoms with Gasteiger partial charge in [-0.1, -0.05) is 13.3 Å². The number of rotatable bonds is 4. The number of hydrogen-bond donors (Lipinski definition) is 0. The molecule has 2 heterocycles. The second-order valence-corrected chi connectivity index (χ2v) is 5.69. The van der Waals surface area contributed by atoms with E-state index in [0.29, 0.717) is 0 Å². The zero-order valence-electron chi connectivity index (χ0n) is 12.3. The molecule has 0 radical (unpaired) electrons. The molecule has 1 aliphatic heterocycles. The minimum absolute atomic E-state index is 0.212. The van der Waals surface area contributed by atoms with Gasteiger partial charge in [0, 0.05) is 17.5 Å². The molecule has 1 unspecified atom stereocenters. The Morgan fingerprint density at radius 1 is 1.32 bits per heavy atom. The topological polar surface area (TPSA) is 33.2 Å². The van der Waals surface area contributed by atoms with E-state index in [1.807, 2.05) is 19.1 Å². The van der Waals surface area contributed by atoms with Crippen molar-refractivity contribution in [3.05, 3.63) is 29.6 Å². The lowest BCUT2D eigenvalue weighted by Gasteiger charge is -2.41. The van der Waals surface area contributed by atoms with Crippen LogP contribution < -0.4 is 0 Å². The molecule has 19 heavy (non-hydrogen) atoms. The van der Waals surface area contributed by atoms with Gasteiger partial charge < -0.3 is 0 Å². The molecule has 0 bridgehead atoms. The van der Waals surface area contributed by atoms with Crippen LogP contribution in [0.4, 0.5) is 0 Å². The number of carbonyl (C=O) groups is 1. The normalized spacial score (nSPS) is 19.9. The molecule has 0 amide bonds. The average Bonchev–Trinajstić information content (AvgIpc) is 2.47. The predicted octanol–water partition coefficient (Wildman–Crippen LogP) is 3.23.